The molecule has 0 radical (unpaired) electrons. The summed E-state index contributed by atoms with van der Waals surface area (Å²) in [7, 11) is 0. The van der Waals surface area contributed by atoms with Gasteiger partial charge in [0, 0.05) is 6.20 Å². The highest BCUT2D eigenvalue weighted by atomic mass is 19.1. The molecule has 0 bridgehead atoms. The molecule has 0 saturated heterocycles. The highest BCUT2D eigenvalue weighted by molar-refractivity contribution is 5.64. The highest BCUT2D eigenvalue weighted by Gasteiger charge is 2.13. The van der Waals surface area contributed by atoms with Gasteiger partial charge in [-0.2, -0.15) is 5.26 Å². The molecule has 3 nitrogen and oxygen atoms in total. The molecule has 0 unspecified atom stereocenters. The molecule has 0 spiro atoms. The van der Waals surface area contributed by atoms with E-state index in [2.05, 4.69) is 10.3 Å². The third-order valence-electron chi connectivity index (χ3n) is 2.46. The topological polar surface area (TPSA) is 48.7 Å². The Labute approximate surface area is 103 Å². The van der Waals surface area contributed by atoms with Crippen LogP contribution in [0.5, 0.6) is 0 Å². The minimum absolute atomic E-state index is 0.128. The Hall–Kier alpha value is -2.48. The average molecular weight is 245 g/mol. The van der Waals surface area contributed by atoms with E-state index in [0.717, 1.165) is 6.07 Å². The summed E-state index contributed by atoms with van der Waals surface area (Å²) in [6.07, 6.45) is 1.44. The van der Waals surface area contributed by atoms with Gasteiger partial charge in [-0.15, -0.1) is 0 Å². The number of aromatic nitrogens is 1. The van der Waals surface area contributed by atoms with Gasteiger partial charge in [-0.25, -0.2) is 13.8 Å². The van der Waals surface area contributed by atoms with Gasteiger partial charge in [0.25, 0.3) is 0 Å². The number of nitrogens with one attached hydrogen (secondary N) is 1. The number of aryl methyl sites for hydroxylation is 1. The number of anilines is 2. The van der Waals surface area contributed by atoms with Gasteiger partial charge < -0.3 is 5.32 Å². The van der Waals surface area contributed by atoms with Gasteiger partial charge in [0.15, 0.2) is 5.82 Å². The zero-order valence-corrected chi connectivity index (χ0v) is 9.54. The zero-order valence-electron chi connectivity index (χ0n) is 9.54. The standard InChI is InChI=1S/C13H9F2N3/c1-8-4-5-10(14)12(11(8)15)18-13-9(7-16)3-2-6-17-13/h2-6H,1H3,(H,17,18). The first-order valence-corrected chi connectivity index (χ1v) is 5.20. The first-order chi connectivity index (χ1) is 8.63. The first-order valence-electron chi connectivity index (χ1n) is 5.20. The van der Waals surface area contributed by atoms with E-state index >= 15 is 0 Å². The van der Waals surface area contributed by atoms with Crippen molar-refractivity contribution in [3.8, 4) is 6.07 Å². The van der Waals surface area contributed by atoms with Crippen molar-refractivity contribution < 1.29 is 8.78 Å². The number of hydrogen-bond donors (Lipinski definition) is 1. The number of benzene rings is 1. The van der Waals surface area contributed by atoms with Crippen LogP contribution in [0, 0.1) is 29.9 Å². The van der Waals surface area contributed by atoms with Gasteiger partial charge in [0.05, 0.1) is 5.56 Å². The smallest absolute Gasteiger partial charge is 0.152 e. The second kappa shape index (κ2) is 4.80. The molecule has 0 fully saturated rings. The van der Waals surface area contributed by atoms with Crippen LogP contribution in [-0.2, 0) is 0 Å². The van der Waals surface area contributed by atoms with Crippen molar-refractivity contribution in [2.24, 2.45) is 0 Å². The molecular formula is C13H9F2N3. The molecule has 1 N–H and O–H groups in total. The fraction of sp³-hybridized carbons (Fsp3) is 0.0769. The third-order valence-corrected chi connectivity index (χ3v) is 2.46. The van der Waals surface area contributed by atoms with Crippen molar-refractivity contribution in [2.45, 2.75) is 6.92 Å². The van der Waals surface area contributed by atoms with Crippen molar-refractivity contribution >= 4 is 11.5 Å². The zero-order chi connectivity index (χ0) is 13.1. The Morgan fingerprint density at radius 1 is 1.28 bits per heavy atom. The molecular weight excluding hydrogens is 236 g/mol. The molecule has 5 heteroatoms. The number of pyridine rings is 1. The average Bonchev–Trinajstić information content (AvgIpc) is 2.39. The summed E-state index contributed by atoms with van der Waals surface area (Å²) in [5, 5.41) is 11.4. The minimum Gasteiger partial charge on any atom is -0.334 e. The number of halogens is 2. The monoisotopic (exact) mass is 245 g/mol. The van der Waals surface area contributed by atoms with Gasteiger partial charge in [0.2, 0.25) is 0 Å². The molecule has 0 atom stereocenters. The van der Waals surface area contributed by atoms with Crippen molar-refractivity contribution in [3.63, 3.8) is 0 Å². The molecule has 1 aromatic heterocycles. The largest absolute Gasteiger partial charge is 0.334 e. The van der Waals surface area contributed by atoms with Gasteiger partial charge in [-0.05, 0) is 30.7 Å². The second-order valence-corrected chi connectivity index (χ2v) is 3.69. The van der Waals surface area contributed by atoms with E-state index in [4.69, 9.17) is 5.26 Å². The summed E-state index contributed by atoms with van der Waals surface area (Å²) in [6.45, 7) is 1.53. The SMILES string of the molecule is Cc1ccc(F)c(Nc2ncccc2C#N)c1F. The fourth-order valence-electron chi connectivity index (χ4n) is 1.48. The van der Waals surface area contributed by atoms with E-state index in [1.54, 1.807) is 6.07 Å². The van der Waals surface area contributed by atoms with Crippen LogP contribution < -0.4 is 5.32 Å². The third kappa shape index (κ3) is 2.13. The summed E-state index contributed by atoms with van der Waals surface area (Å²) < 4.78 is 27.3. The van der Waals surface area contributed by atoms with Crippen LogP contribution in [-0.4, -0.2) is 4.98 Å². The van der Waals surface area contributed by atoms with Crippen molar-refractivity contribution in [3.05, 3.63) is 53.2 Å². The van der Waals surface area contributed by atoms with Crippen LogP contribution in [0.2, 0.25) is 0 Å². The summed E-state index contributed by atoms with van der Waals surface area (Å²) in [4.78, 5) is 3.89. The van der Waals surface area contributed by atoms with Crippen LogP contribution in [0.4, 0.5) is 20.3 Å². The maximum atomic E-state index is 13.8. The quantitative estimate of drug-likeness (QED) is 0.883. The lowest BCUT2D eigenvalue weighted by Crippen LogP contribution is -2.02. The van der Waals surface area contributed by atoms with Gasteiger partial charge in [-0.3, -0.25) is 0 Å². The van der Waals surface area contributed by atoms with Crippen molar-refractivity contribution in [1.82, 2.24) is 4.98 Å². The lowest BCUT2D eigenvalue weighted by atomic mass is 10.2. The molecule has 2 aromatic rings. The number of nitriles is 1. The predicted molar refractivity (Wildman–Crippen MR) is 63.3 cm³/mol. The van der Waals surface area contributed by atoms with Gasteiger partial charge in [0.1, 0.15) is 23.4 Å². The number of rotatable bonds is 2. The number of nitrogens with zero attached hydrogens (tertiary/aromatic N) is 2. The maximum absolute atomic E-state index is 13.8. The van der Waals surface area contributed by atoms with Crippen molar-refractivity contribution in [2.75, 3.05) is 5.32 Å². The predicted octanol–water partition coefficient (Wildman–Crippen LogP) is 3.28. The normalized spacial score (nSPS) is 9.89. The minimum atomic E-state index is -0.729. The fourth-order valence-corrected chi connectivity index (χ4v) is 1.48. The molecule has 2 rings (SSSR count). The molecule has 0 saturated carbocycles. The summed E-state index contributed by atoms with van der Waals surface area (Å²) >= 11 is 0. The van der Waals surface area contributed by atoms with Gasteiger partial charge >= 0.3 is 0 Å². The lowest BCUT2D eigenvalue weighted by molar-refractivity contribution is 0.584. The Bertz CT molecular complexity index is 633. The van der Waals surface area contributed by atoms with E-state index < -0.39 is 11.6 Å². The Morgan fingerprint density at radius 3 is 2.78 bits per heavy atom. The van der Waals surface area contributed by atoms with E-state index in [1.165, 1.54) is 25.3 Å². The summed E-state index contributed by atoms with van der Waals surface area (Å²) in [5.74, 6) is -1.29. The molecule has 0 amide bonds. The van der Waals surface area contributed by atoms with E-state index in [1.807, 2.05) is 6.07 Å². The van der Waals surface area contributed by atoms with E-state index in [9.17, 15) is 8.78 Å². The second-order valence-electron chi connectivity index (χ2n) is 3.69. The van der Waals surface area contributed by atoms with Gasteiger partial charge in [-0.1, -0.05) is 6.07 Å². The molecule has 1 aromatic carbocycles. The van der Waals surface area contributed by atoms with E-state index in [0.29, 0.717) is 5.56 Å². The summed E-state index contributed by atoms with van der Waals surface area (Å²) in [6, 6.07) is 7.50. The molecule has 1 heterocycles. The highest BCUT2D eigenvalue weighted by Crippen LogP contribution is 2.25. The Kier molecular flexibility index (Phi) is 3.20. The lowest BCUT2D eigenvalue weighted by Gasteiger charge is -2.10. The van der Waals surface area contributed by atoms with Crippen LogP contribution in [0.3, 0.4) is 0 Å². The Morgan fingerprint density at radius 2 is 2.06 bits per heavy atom. The van der Waals surface area contributed by atoms with Crippen LogP contribution in [0.15, 0.2) is 30.5 Å². The first kappa shape index (κ1) is 12.0. The molecule has 0 aliphatic rings. The molecule has 18 heavy (non-hydrogen) atoms. The van der Waals surface area contributed by atoms with Crippen molar-refractivity contribution in [1.29, 1.82) is 5.26 Å². The van der Waals surface area contributed by atoms with E-state index in [-0.39, 0.29) is 17.1 Å². The molecule has 0 aliphatic heterocycles. The molecule has 0 aliphatic carbocycles. The molecule has 90 valence electrons. The van der Waals surface area contributed by atoms with Crippen LogP contribution in [0.25, 0.3) is 0 Å². The van der Waals surface area contributed by atoms with Crippen LogP contribution in [0.1, 0.15) is 11.1 Å². The number of hydrogen-bond acceptors (Lipinski definition) is 3. The Balaban J connectivity index is 2.47. The maximum Gasteiger partial charge on any atom is 0.152 e. The van der Waals surface area contributed by atoms with Crippen LogP contribution >= 0.6 is 0 Å². The summed E-state index contributed by atoms with van der Waals surface area (Å²) in [5.41, 5.74) is 0.233.